The number of amides is 1. The molecule has 0 unspecified atom stereocenters. The number of likely N-dealkylation sites (tertiary alicyclic amines) is 1. The lowest BCUT2D eigenvalue weighted by Crippen LogP contribution is -2.39. The molecule has 138 valence electrons. The maximum Gasteiger partial charge on any atom is 0.254 e. The number of aromatic nitrogens is 2. The zero-order chi connectivity index (χ0) is 18.3. The van der Waals surface area contributed by atoms with Gasteiger partial charge in [0.2, 0.25) is 6.79 Å². The summed E-state index contributed by atoms with van der Waals surface area (Å²) in [6.45, 7) is 1.20. The average Bonchev–Trinajstić information content (AvgIpc) is 3.29. The molecule has 2 aromatic rings. The zero-order valence-electron chi connectivity index (χ0n) is 14.0. The maximum absolute atomic E-state index is 12.9. The lowest BCUT2D eigenvalue weighted by atomic mass is 9.95. The summed E-state index contributed by atoms with van der Waals surface area (Å²) in [6, 6.07) is 5.12. The fourth-order valence-electron chi connectivity index (χ4n) is 3.29. The van der Waals surface area contributed by atoms with Crippen molar-refractivity contribution in [2.45, 2.75) is 23.0 Å². The molecule has 1 amide bonds. The smallest absolute Gasteiger partial charge is 0.254 e. The van der Waals surface area contributed by atoms with Crippen LogP contribution in [0.4, 0.5) is 0 Å². The molecule has 0 N–H and O–H groups in total. The zero-order valence-corrected chi connectivity index (χ0v) is 15.7. The third-order valence-electron chi connectivity index (χ3n) is 4.53. The van der Waals surface area contributed by atoms with E-state index in [1.807, 2.05) is 0 Å². The number of benzene rings is 1. The summed E-state index contributed by atoms with van der Waals surface area (Å²) in [7, 11) is -3.38. The van der Waals surface area contributed by atoms with Gasteiger partial charge >= 0.3 is 0 Å². The Balaban J connectivity index is 1.56. The van der Waals surface area contributed by atoms with Crippen LogP contribution in [0.25, 0.3) is 0 Å². The number of carbonyl (C=O) groups is 1. The number of hydrogen-bond acceptors (Lipinski definition) is 8. The van der Waals surface area contributed by atoms with Crippen LogP contribution in [0.15, 0.2) is 22.4 Å². The highest BCUT2D eigenvalue weighted by Gasteiger charge is 2.31. The van der Waals surface area contributed by atoms with Crippen molar-refractivity contribution in [2.75, 3.05) is 26.1 Å². The van der Waals surface area contributed by atoms with Crippen molar-refractivity contribution in [1.29, 1.82) is 0 Å². The summed E-state index contributed by atoms with van der Waals surface area (Å²) >= 11 is 0.887. The van der Waals surface area contributed by atoms with Gasteiger partial charge in [-0.1, -0.05) is 4.49 Å². The molecule has 26 heavy (non-hydrogen) atoms. The van der Waals surface area contributed by atoms with Crippen LogP contribution in [0.1, 0.15) is 34.8 Å². The van der Waals surface area contributed by atoms with Crippen LogP contribution >= 0.6 is 11.5 Å². The molecule has 0 saturated carbocycles. The first kappa shape index (κ1) is 17.2. The van der Waals surface area contributed by atoms with Gasteiger partial charge in [0.1, 0.15) is 0 Å². The van der Waals surface area contributed by atoms with Crippen molar-refractivity contribution in [3.05, 3.63) is 29.5 Å². The van der Waals surface area contributed by atoms with E-state index < -0.39 is 9.84 Å². The Bertz CT molecular complexity index is 957. The van der Waals surface area contributed by atoms with Gasteiger partial charge in [-0.3, -0.25) is 4.79 Å². The third-order valence-corrected chi connectivity index (χ3v) is 7.09. The summed E-state index contributed by atoms with van der Waals surface area (Å²) in [6.07, 6.45) is 2.71. The Kier molecular flexibility index (Phi) is 4.31. The number of nitrogens with zero attached hydrogens (tertiary/aromatic N) is 3. The fourth-order valence-corrected chi connectivity index (χ4v) is 5.02. The minimum atomic E-state index is -3.38. The van der Waals surface area contributed by atoms with E-state index in [4.69, 9.17) is 9.47 Å². The first-order chi connectivity index (χ1) is 12.4. The molecule has 0 bridgehead atoms. The Morgan fingerprint density at radius 3 is 2.92 bits per heavy atom. The van der Waals surface area contributed by atoms with Gasteiger partial charge < -0.3 is 14.4 Å². The van der Waals surface area contributed by atoms with Crippen LogP contribution in [0.2, 0.25) is 0 Å². The number of sulfone groups is 1. The highest BCUT2D eigenvalue weighted by atomic mass is 32.2. The van der Waals surface area contributed by atoms with Gasteiger partial charge in [0.15, 0.2) is 25.5 Å². The van der Waals surface area contributed by atoms with E-state index in [-0.39, 0.29) is 22.8 Å². The van der Waals surface area contributed by atoms with Crippen molar-refractivity contribution >= 4 is 27.3 Å². The number of fused-ring (bicyclic) bond motifs is 1. The molecule has 1 saturated heterocycles. The summed E-state index contributed by atoms with van der Waals surface area (Å²) in [5.74, 6) is 0.944. The number of carbonyl (C=O) groups excluding carboxylic acids is 1. The van der Waals surface area contributed by atoms with E-state index >= 15 is 0 Å². The van der Waals surface area contributed by atoms with Gasteiger partial charge in [0.25, 0.3) is 5.91 Å². The topological polar surface area (TPSA) is 98.7 Å². The van der Waals surface area contributed by atoms with Crippen LogP contribution in [-0.2, 0) is 9.84 Å². The van der Waals surface area contributed by atoms with Crippen molar-refractivity contribution in [1.82, 2.24) is 14.5 Å². The second-order valence-corrected chi connectivity index (χ2v) is 9.34. The molecular weight excluding hydrogens is 378 g/mol. The summed E-state index contributed by atoms with van der Waals surface area (Å²) in [5.41, 5.74) is 0.996. The van der Waals surface area contributed by atoms with E-state index in [1.54, 1.807) is 23.1 Å². The van der Waals surface area contributed by atoms with E-state index in [0.29, 0.717) is 35.8 Å². The van der Waals surface area contributed by atoms with Crippen LogP contribution in [-0.4, -0.2) is 55.0 Å². The lowest BCUT2D eigenvalue weighted by molar-refractivity contribution is 0.0704. The molecule has 10 heteroatoms. The van der Waals surface area contributed by atoms with E-state index in [1.165, 1.54) is 0 Å². The van der Waals surface area contributed by atoms with Crippen LogP contribution in [0.5, 0.6) is 11.5 Å². The molecule has 8 nitrogen and oxygen atoms in total. The number of piperidine rings is 1. The van der Waals surface area contributed by atoms with E-state index in [0.717, 1.165) is 30.6 Å². The van der Waals surface area contributed by atoms with Crippen molar-refractivity contribution in [3.63, 3.8) is 0 Å². The third kappa shape index (κ3) is 3.14. The van der Waals surface area contributed by atoms with Gasteiger partial charge in [-0.15, -0.1) is 5.10 Å². The molecule has 2 aliphatic rings. The van der Waals surface area contributed by atoms with E-state index in [2.05, 4.69) is 9.59 Å². The van der Waals surface area contributed by atoms with Gasteiger partial charge in [-0.2, -0.15) is 0 Å². The second kappa shape index (κ2) is 6.51. The van der Waals surface area contributed by atoms with Crippen molar-refractivity contribution < 1.29 is 22.7 Å². The Labute approximate surface area is 154 Å². The normalized spacial score (nSPS) is 19.6. The standard InChI is InChI=1S/C16H17N3O5S2/c1-26(21,22)16-14(17-18-25-16)11-3-2-6-19(8-11)15(20)10-4-5-12-13(7-10)24-9-23-12/h4-5,7,11H,2-3,6,8-9H2,1H3/t11-/m1/s1. The minimum absolute atomic E-state index is 0.114. The maximum atomic E-state index is 12.9. The van der Waals surface area contributed by atoms with Gasteiger partial charge in [0, 0.05) is 42.4 Å². The molecule has 4 rings (SSSR count). The molecular formula is C16H17N3O5S2. The van der Waals surface area contributed by atoms with Crippen LogP contribution < -0.4 is 9.47 Å². The van der Waals surface area contributed by atoms with Crippen LogP contribution in [0.3, 0.4) is 0 Å². The predicted molar refractivity (Wildman–Crippen MR) is 93.5 cm³/mol. The number of rotatable bonds is 3. The van der Waals surface area contributed by atoms with Gasteiger partial charge in [0.05, 0.1) is 5.69 Å². The molecule has 1 aromatic heterocycles. The molecule has 0 radical (unpaired) electrons. The Hall–Kier alpha value is -2.20. The van der Waals surface area contributed by atoms with E-state index in [9.17, 15) is 13.2 Å². The van der Waals surface area contributed by atoms with Crippen molar-refractivity contribution in [2.24, 2.45) is 0 Å². The average molecular weight is 395 g/mol. The molecule has 0 aliphatic carbocycles. The highest BCUT2D eigenvalue weighted by Crippen LogP contribution is 2.35. The quantitative estimate of drug-likeness (QED) is 0.780. The predicted octanol–water partition coefficient (Wildman–Crippen LogP) is 1.69. The fraction of sp³-hybridized carbons (Fsp3) is 0.438. The Morgan fingerprint density at radius 1 is 1.31 bits per heavy atom. The molecule has 0 spiro atoms. The molecule has 1 fully saturated rings. The summed E-state index contributed by atoms with van der Waals surface area (Å²) in [5, 5.41) is 4.03. The molecule has 2 aliphatic heterocycles. The van der Waals surface area contributed by atoms with Gasteiger partial charge in [-0.25, -0.2) is 8.42 Å². The van der Waals surface area contributed by atoms with Crippen molar-refractivity contribution in [3.8, 4) is 11.5 Å². The SMILES string of the molecule is CS(=O)(=O)c1snnc1[C@@H]1CCCN(C(=O)c2ccc3c(c2)OCO3)C1. The molecule has 3 heterocycles. The van der Waals surface area contributed by atoms with Gasteiger partial charge in [-0.05, 0) is 31.0 Å². The molecule has 1 atom stereocenters. The van der Waals surface area contributed by atoms with Crippen LogP contribution in [0, 0.1) is 0 Å². The lowest BCUT2D eigenvalue weighted by Gasteiger charge is -2.32. The first-order valence-electron chi connectivity index (χ1n) is 8.15. The largest absolute Gasteiger partial charge is 0.454 e. The molecule has 1 aromatic carbocycles. The first-order valence-corrected chi connectivity index (χ1v) is 10.8. The minimum Gasteiger partial charge on any atom is -0.454 e. The second-order valence-electron chi connectivity index (χ2n) is 6.38. The number of hydrogen-bond donors (Lipinski definition) is 0. The number of ether oxygens (including phenoxy) is 2. The summed E-state index contributed by atoms with van der Waals surface area (Å²) < 4.78 is 38.5. The Morgan fingerprint density at radius 2 is 2.12 bits per heavy atom. The monoisotopic (exact) mass is 395 g/mol. The highest BCUT2D eigenvalue weighted by molar-refractivity contribution is 7.92. The summed E-state index contributed by atoms with van der Waals surface area (Å²) in [4.78, 5) is 14.6.